The van der Waals surface area contributed by atoms with Crippen LogP contribution in [0.5, 0.6) is 0 Å². The van der Waals surface area contributed by atoms with Gasteiger partial charge in [-0.1, -0.05) is 20.3 Å². The third kappa shape index (κ3) is 4.60. The number of nitrogens with one attached hydrogen (secondary N) is 1. The number of hydrogen-bond donors (Lipinski definition) is 1. The van der Waals surface area contributed by atoms with Gasteiger partial charge in [0, 0.05) is 18.4 Å². The van der Waals surface area contributed by atoms with Crippen LogP contribution in [0.4, 0.5) is 0 Å². The van der Waals surface area contributed by atoms with Crippen molar-refractivity contribution in [3.05, 3.63) is 23.5 Å². The van der Waals surface area contributed by atoms with E-state index < -0.39 is 0 Å². The van der Waals surface area contributed by atoms with E-state index in [2.05, 4.69) is 31.6 Å². The summed E-state index contributed by atoms with van der Waals surface area (Å²) in [6.45, 7) is 6.20. The van der Waals surface area contributed by atoms with Crippen LogP contribution < -0.4 is 5.32 Å². The average Bonchev–Trinajstić information content (AvgIpc) is 2.88. The lowest BCUT2D eigenvalue weighted by atomic mass is 9.91. The summed E-state index contributed by atoms with van der Waals surface area (Å²) in [7, 11) is 0. The minimum absolute atomic E-state index is 0.131. The van der Waals surface area contributed by atoms with Crippen molar-refractivity contribution in [2.45, 2.75) is 65.0 Å². The van der Waals surface area contributed by atoms with Crippen LogP contribution in [0.3, 0.4) is 0 Å². The molecule has 1 aliphatic rings. The first-order valence-electron chi connectivity index (χ1n) is 8.32. The van der Waals surface area contributed by atoms with Crippen molar-refractivity contribution >= 4 is 5.97 Å². The molecule has 1 aliphatic carbocycles. The van der Waals surface area contributed by atoms with E-state index in [-0.39, 0.29) is 5.97 Å². The van der Waals surface area contributed by atoms with E-state index in [4.69, 9.17) is 4.74 Å². The van der Waals surface area contributed by atoms with Gasteiger partial charge < -0.3 is 14.6 Å². The van der Waals surface area contributed by atoms with E-state index in [0.29, 0.717) is 19.2 Å². The molecule has 0 bridgehead atoms. The molecule has 1 aromatic rings. The van der Waals surface area contributed by atoms with Gasteiger partial charge in [0.2, 0.25) is 0 Å². The van der Waals surface area contributed by atoms with E-state index in [0.717, 1.165) is 32.2 Å². The molecule has 21 heavy (non-hydrogen) atoms. The lowest BCUT2D eigenvalue weighted by Crippen LogP contribution is -2.25. The first-order valence-corrected chi connectivity index (χ1v) is 8.32. The number of carbonyl (C=O) groups is 1. The van der Waals surface area contributed by atoms with Crippen molar-refractivity contribution in [3.8, 4) is 0 Å². The Labute approximate surface area is 127 Å². The maximum Gasteiger partial charge on any atom is 0.325 e. The zero-order valence-electron chi connectivity index (χ0n) is 13.4. The monoisotopic (exact) mass is 292 g/mol. The summed E-state index contributed by atoms with van der Waals surface area (Å²) < 4.78 is 7.23. The maximum absolute atomic E-state index is 11.8. The molecule has 0 fully saturated rings. The van der Waals surface area contributed by atoms with Crippen molar-refractivity contribution in [3.63, 3.8) is 0 Å². The summed E-state index contributed by atoms with van der Waals surface area (Å²) in [4.78, 5) is 11.8. The van der Waals surface area contributed by atoms with Crippen LogP contribution in [0, 0.1) is 0 Å². The van der Waals surface area contributed by atoms with Crippen LogP contribution in [-0.4, -0.2) is 23.7 Å². The number of aryl methyl sites for hydroxylation is 1. The number of nitrogens with zero attached hydrogens (tertiary/aromatic N) is 1. The Kier molecular flexibility index (Phi) is 6.30. The van der Waals surface area contributed by atoms with Gasteiger partial charge in [-0.3, -0.25) is 4.79 Å². The summed E-state index contributed by atoms with van der Waals surface area (Å²) in [5, 5.41) is 3.61. The van der Waals surface area contributed by atoms with Gasteiger partial charge in [-0.05, 0) is 49.8 Å². The lowest BCUT2D eigenvalue weighted by molar-refractivity contribution is -0.144. The van der Waals surface area contributed by atoms with E-state index in [1.165, 1.54) is 24.0 Å². The minimum atomic E-state index is -0.131. The standard InChI is InChI=1S/C17H28N2O2/c1-3-5-10-21-17(20)13-19-11-14-7-6-8-16(15(14)12-19)18-9-4-2/h11-12,16,18H,3-10,13H2,1-2H3. The summed E-state index contributed by atoms with van der Waals surface area (Å²) in [6.07, 6.45) is 10.9. The van der Waals surface area contributed by atoms with Crippen LogP contribution in [-0.2, 0) is 22.5 Å². The molecule has 1 N–H and O–H groups in total. The fourth-order valence-corrected chi connectivity index (χ4v) is 2.90. The van der Waals surface area contributed by atoms with Crippen molar-refractivity contribution in [1.82, 2.24) is 9.88 Å². The summed E-state index contributed by atoms with van der Waals surface area (Å²) >= 11 is 0. The quantitative estimate of drug-likeness (QED) is 0.591. The number of ether oxygens (including phenoxy) is 1. The van der Waals surface area contributed by atoms with Crippen molar-refractivity contribution in [2.75, 3.05) is 13.2 Å². The van der Waals surface area contributed by atoms with Crippen LogP contribution >= 0.6 is 0 Å². The Morgan fingerprint density at radius 3 is 3.00 bits per heavy atom. The molecule has 2 rings (SSSR count). The predicted molar refractivity (Wildman–Crippen MR) is 84.3 cm³/mol. The van der Waals surface area contributed by atoms with Crippen molar-refractivity contribution in [1.29, 1.82) is 0 Å². The normalized spacial score (nSPS) is 17.5. The molecule has 0 spiro atoms. The molecule has 0 radical (unpaired) electrons. The molecular formula is C17H28N2O2. The van der Waals surface area contributed by atoms with Gasteiger partial charge in [-0.15, -0.1) is 0 Å². The summed E-state index contributed by atoms with van der Waals surface area (Å²) in [5.41, 5.74) is 2.76. The number of aromatic nitrogens is 1. The predicted octanol–water partition coefficient (Wildman–Crippen LogP) is 3.21. The Balaban J connectivity index is 1.94. The SMILES string of the molecule is CCCCOC(=O)Cn1cc2c(c1)C(NCCC)CCC2. The van der Waals surface area contributed by atoms with Crippen LogP contribution in [0.2, 0.25) is 0 Å². The number of rotatable bonds is 8. The first-order chi connectivity index (χ1) is 10.2. The van der Waals surface area contributed by atoms with Gasteiger partial charge in [0.1, 0.15) is 6.54 Å². The van der Waals surface area contributed by atoms with Gasteiger partial charge >= 0.3 is 5.97 Å². The summed E-state index contributed by atoms with van der Waals surface area (Å²) in [5.74, 6) is -0.131. The fourth-order valence-electron chi connectivity index (χ4n) is 2.90. The summed E-state index contributed by atoms with van der Waals surface area (Å²) in [6, 6.07) is 0.450. The van der Waals surface area contributed by atoms with E-state index >= 15 is 0 Å². The van der Waals surface area contributed by atoms with Crippen molar-refractivity contribution < 1.29 is 9.53 Å². The highest BCUT2D eigenvalue weighted by Gasteiger charge is 2.21. The molecule has 1 heterocycles. The zero-order chi connectivity index (χ0) is 15.1. The molecule has 0 aliphatic heterocycles. The molecular weight excluding hydrogens is 264 g/mol. The van der Waals surface area contributed by atoms with Gasteiger partial charge in [-0.25, -0.2) is 0 Å². The average molecular weight is 292 g/mol. The second-order valence-corrected chi connectivity index (χ2v) is 5.88. The number of carbonyl (C=O) groups excluding carboxylic acids is 1. The number of hydrogen-bond acceptors (Lipinski definition) is 3. The third-order valence-corrected chi connectivity index (χ3v) is 4.03. The second kappa shape index (κ2) is 8.23. The molecule has 4 heteroatoms. The topological polar surface area (TPSA) is 43.3 Å². The first kappa shape index (κ1) is 16.1. The highest BCUT2D eigenvalue weighted by Crippen LogP contribution is 2.30. The highest BCUT2D eigenvalue weighted by atomic mass is 16.5. The van der Waals surface area contributed by atoms with Gasteiger partial charge in [0.25, 0.3) is 0 Å². The fraction of sp³-hybridized carbons (Fsp3) is 0.706. The van der Waals surface area contributed by atoms with E-state index in [1.807, 2.05) is 4.57 Å². The largest absolute Gasteiger partial charge is 0.464 e. The molecule has 0 saturated heterocycles. The number of fused-ring (bicyclic) bond motifs is 1. The molecule has 1 aromatic heterocycles. The Hall–Kier alpha value is -1.29. The van der Waals surface area contributed by atoms with Gasteiger partial charge in [-0.2, -0.15) is 0 Å². The second-order valence-electron chi connectivity index (χ2n) is 5.88. The van der Waals surface area contributed by atoms with Crippen LogP contribution in [0.15, 0.2) is 12.4 Å². The highest BCUT2D eigenvalue weighted by molar-refractivity contribution is 5.69. The van der Waals surface area contributed by atoms with E-state index in [1.54, 1.807) is 0 Å². The van der Waals surface area contributed by atoms with E-state index in [9.17, 15) is 4.79 Å². The molecule has 0 saturated carbocycles. The van der Waals surface area contributed by atoms with Crippen LogP contribution in [0.1, 0.15) is 63.1 Å². The van der Waals surface area contributed by atoms with Crippen molar-refractivity contribution in [2.24, 2.45) is 0 Å². The van der Waals surface area contributed by atoms with Gasteiger partial charge in [0.15, 0.2) is 0 Å². The molecule has 0 amide bonds. The number of esters is 1. The molecule has 118 valence electrons. The lowest BCUT2D eigenvalue weighted by Gasteiger charge is -2.23. The van der Waals surface area contributed by atoms with Gasteiger partial charge in [0.05, 0.1) is 6.61 Å². The zero-order valence-corrected chi connectivity index (χ0v) is 13.4. The molecule has 1 unspecified atom stereocenters. The maximum atomic E-state index is 11.8. The smallest absolute Gasteiger partial charge is 0.325 e. The third-order valence-electron chi connectivity index (χ3n) is 4.03. The Bertz CT molecular complexity index is 454. The Morgan fingerprint density at radius 1 is 1.38 bits per heavy atom. The number of unbranched alkanes of at least 4 members (excludes halogenated alkanes) is 1. The minimum Gasteiger partial charge on any atom is -0.464 e. The van der Waals surface area contributed by atoms with Crippen LogP contribution in [0.25, 0.3) is 0 Å². The molecule has 4 nitrogen and oxygen atoms in total. The molecule has 1 atom stereocenters. The Morgan fingerprint density at radius 2 is 2.24 bits per heavy atom. The molecule has 0 aromatic carbocycles.